The molecule has 2 unspecified atom stereocenters. The lowest BCUT2D eigenvalue weighted by molar-refractivity contribution is -0.123. The van der Waals surface area contributed by atoms with Crippen LogP contribution in [0.2, 0.25) is 0 Å². The Balaban J connectivity index is 2.37. The third kappa shape index (κ3) is 4.10. The van der Waals surface area contributed by atoms with E-state index in [0.717, 1.165) is 6.42 Å². The summed E-state index contributed by atoms with van der Waals surface area (Å²) in [5.74, 6) is -0.100. The SMILES string of the molecule is CCC(C)C(C)(O)CNC(=O)Cn1cnnn1. The highest BCUT2D eigenvalue weighted by molar-refractivity contribution is 5.75. The molecule has 1 aromatic heterocycles. The minimum atomic E-state index is -0.898. The molecule has 0 bridgehead atoms. The van der Waals surface area contributed by atoms with E-state index in [1.54, 1.807) is 6.92 Å². The first-order valence-corrected chi connectivity index (χ1v) is 5.65. The van der Waals surface area contributed by atoms with Gasteiger partial charge in [-0.1, -0.05) is 20.3 Å². The highest BCUT2D eigenvalue weighted by atomic mass is 16.3. The van der Waals surface area contributed by atoms with Gasteiger partial charge in [-0.3, -0.25) is 4.79 Å². The Labute approximate surface area is 100 Å². The highest BCUT2D eigenvalue weighted by Gasteiger charge is 2.27. The molecule has 17 heavy (non-hydrogen) atoms. The molecule has 0 radical (unpaired) electrons. The molecule has 0 saturated carbocycles. The van der Waals surface area contributed by atoms with Crippen molar-refractivity contribution in [2.24, 2.45) is 5.92 Å². The van der Waals surface area contributed by atoms with Crippen molar-refractivity contribution in [3.63, 3.8) is 0 Å². The number of hydrogen-bond acceptors (Lipinski definition) is 5. The molecular weight excluding hydrogens is 222 g/mol. The van der Waals surface area contributed by atoms with Crippen LogP contribution in [-0.2, 0) is 11.3 Å². The molecule has 0 spiro atoms. The van der Waals surface area contributed by atoms with Crippen LogP contribution in [0.1, 0.15) is 27.2 Å². The van der Waals surface area contributed by atoms with E-state index in [9.17, 15) is 9.90 Å². The fourth-order valence-corrected chi connectivity index (χ4v) is 1.35. The molecule has 7 nitrogen and oxygen atoms in total. The molecule has 2 atom stereocenters. The Hall–Kier alpha value is -1.50. The quantitative estimate of drug-likeness (QED) is 0.706. The fraction of sp³-hybridized carbons (Fsp3) is 0.800. The Kier molecular flexibility index (Phi) is 4.56. The molecule has 1 heterocycles. The maximum absolute atomic E-state index is 11.5. The first-order valence-electron chi connectivity index (χ1n) is 5.65. The zero-order valence-electron chi connectivity index (χ0n) is 10.4. The number of rotatable bonds is 6. The van der Waals surface area contributed by atoms with E-state index in [2.05, 4.69) is 20.8 Å². The summed E-state index contributed by atoms with van der Waals surface area (Å²) in [5.41, 5.74) is -0.898. The van der Waals surface area contributed by atoms with Crippen LogP contribution in [0.15, 0.2) is 6.33 Å². The van der Waals surface area contributed by atoms with Gasteiger partial charge in [-0.2, -0.15) is 0 Å². The summed E-state index contributed by atoms with van der Waals surface area (Å²) in [6.07, 6.45) is 2.22. The standard InChI is InChI=1S/C10H19N5O2/c1-4-8(2)10(3,17)6-11-9(16)5-15-7-12-13-14-15/h7-8,17H,4-6H2,1-3H3,(H,11,16). The molecule has 0 aliphatic heterocycles. The monoisotopic (exact) mass is 241 g/mol. The van der Waals surface area contributed by atoms with Crippen molar-refractivity contribution in [2.45, 2.75) is 39.3 Å². The average molecular weight is 241 g/mol. The fourth-order valence-electron chi connectivity index (χ4n) is 1.35. The Morgan fingerprint density at radius 2 is 2.35 bits per heavy atom. The number of aromatic nitrogens is 4. The van der Waals surface area contributed by atoms with Crippen LogP contribution >= 0.6 is 0 Å². The van der Waals surface area contributed by atoms with Gasteiger partial charge >= 0.3 is 0 Å². The van der Waals surface area contributed by atoms with E-state index in [1.807, 2.05) is 13.8 Å². The number of carbonyl (C=O) groups is 1. The molecular formula is C10H19N5O2. The van der Waals surface area contributed by atoms with E-state index in [1.165, 1.54) is 11.0 Å². The highest BCUT2D eigenvalue weighted by Crippen LogP contribution is 2.18. The van der Waals surface area contributed by atoms with E-state index >= 15 is 0 Å². The summed E-state index contributed by atoms with van der Waals surface area (Å²) < 4.78 is 1.33. The number of amides is 1. The number of carbonyl (C=O) groups excluding carboxylic acids is 1. The van der Waals surface area contributed by atoms with Crippen LogP contribution in [0.3, 0.4) is 0 Å². The van der Waals surface area contributed by atoms with E-state index in [0.29, 0.717) is 0 Å². The van der Waals surface area contributed by atoms with Crippen LogP contribution in [0.5, 0.6) is 0 Å². The minimum Gasteiger partial charge on any atom is -0.388 e. The van der Waals surface area contributed by atoms with Gasteiger partial charge < -0.3 is 10.4 Å². The van der Waals surface area contributed by atoms with Gasteiger partial charge in [-0.05, 0) is 23.3 Å². The van der Waals surface area contributed by atoms with Crippen molar-refractivity contribution in [2.75, 3.05) is 6.54 Å². The number of hydrogen-bond donors (Lipinski definition) is 2. The summed E-state index contributed by atoms with van der Waals surface area (Å²) in [6, 6.07) is 0. The smallest absolute Gasteiger partial charge is 0.241 e. The van der Waals surface area contributed by atoms with Crippen molar-refractivity contribution in [1.29, 1.82) is 0 Å². The van der Waals surface area contributed by atoms with Crippen LogP contribution in [0.4, 0.5) is 0 Å². The normalized spacial score (nSPS) is 16.2. The van der Waals surface area contributed by atoms with Gasteiger partial charge in [0.25, 0.3) is 0 Å². The van der Waals surface area contributed by atoms with Crippen molar-refractivity contribution >= 4 is 5.91 Å². The zero-order chi connectivity index (χ0) is 12.9. The first kappa shape index (κ1) is 13.6. The molecule has 1 rings (SSSR count). The topological polar surface area (TPSA) is 92.9 Å². The average Bonchev–Trinajstić information content (AvgIpc) is 2.78. The van der Waals surface area contributed by atoms with Gasteiger partial charge in [0.15, 0.2) is 0 Å². The second-order valence-electron chi connectivity index (χ2n) is 4.45. The Bertz CT molecular complexity index is 350. The molecule has 2 N–H and O–H groups in total. The molecule has 0 aromatic carbocycles. The predicted octanol–water partition coefficient (Wildman–Crippen LogP) is -0.414. The summed E-state index contributed by atoms with van der Waals surface area (Å²) in [5, 5.41) is 23.2. The number of tetrazole rings is 1. The largest absolute Gasteiger partial charge is 0.388 e. The number of nitrogens with one attached hydrogen (secondary N) is 1. The second-order valence-corrected chi connectivity index (χ2v) is 4.45. The van der Waals surface area contributed by atoms with Crippen molar-refractivity contribution in [3.05, 3.63) is 6.33 Å². The van der Waals surface area contributed by atoms with E-state index in [-0.39, 0.29) is 24.9 Å². The minimum absolute atomic E-state index is 0.0591. The maximum atomic E-state index is 11.5. The molecule has 1 aromatic rings. The van der Waals surface area contributed by atoms with Crippen LogP contribution in [0, 0.1) is 5.92 Å². The van der Waals surface area contributed by atoms with Gasteiger partial charge in [0.1, 0.15) is 12.9 Å². The molecule has 0 aliphatic carbocycles. The molecule has 0 aliphatic rings. The van der Waals surface area contributed by atoms with Gasteiger partial charge in [-0.25, -0.2) is 4.68 Å². The number of aliphatic hydroxyl groups is 1. The molecule has 0 fully saturated rings. The third-order valence-corrected chi connectivity index (χ3v) is 3.01. The molecule has 7 heteroatoms. The van der Waals surface area contributed by atoms with Crippen molar-refractivity contribution in [1.82, 2.24) is 25.5 Å². The van der Waals surface area contributed by atoms with Crippen molar-refractivity contribution in [3.8, 4) is 0 Å². The Morgan fingerprint density at radius 1 is 1.65 bits per heavy atom. The summed E-state index contributed by atoms with van der Waals surface area (Å²) in [6.45, 7) is 5.96. The maximum Gasteiger partial charge on any atom is 0.241 e. The summed E-state index contributed by atoms with van der Waals surface area (Å²) in [7, 11) is 0. The van der Waals surface area contributed by atoms with Gasteiger partial charge in [-0.15, -0.1) is 5.10 Å². The first-order chi connectivity index (χ1) is 7.95. The predicted molar refractivity (Wildman–Crippen MR) is 60.9 cm³/mol. The van der Waals surface area contributed by atoms with Gasteiger partial charge in [0, 0.05) is 6.54 Å². The Morgan fingerprint density at radius 3 is 2.88 bits per heavy atom. The summed E-state index contributed by atoms with van der Waals surface area (Å²) >= 11 is 0. The lowest BCUT2D eigenvalue weighted by atomic mass is 9.89. The second kappa shape index (κ2) is 5.72. The molecule has 0 saturated heterocycles. The third-order valence-electron chi connectivity index (χ3n) is 3.01. The zero-order valence-corrected chi connectivity index (χ0v) is 10.4. The van der Waals surface area contributed by atoms with Crippen LogP contribution < -0.4 is 5.32 Å². The molecule has 96 valence electrons. The lowest BCUT2D eigenvalue weighted by Crippen LogP contribution is -2.45. The van der Waals surface area contributed by atoms with Gasteiger partial charge in [0.2, 0.25) is 5.91 Å². The van der Waals surface area contributed by atoms with Crippen molar-refractivity contribution < 1.29 is 9.90 Å². The number of nitrogens with zero attached hydrogens (tertiary/aromatic N) is 4. The van der Waals surface area contributed by atoms with Crippen LogP contribution in [-0.4, -0.2) is 43.4 Å². The van der Waals surface area contributed by atoms with Gasteiger partial charge in [0.05, 0.1) is 5.60 Å². The lowest BCUT2D eigenvalue weighted by Gasteiger charge is -2.29. The summed E-state index contributed by atoms with van der Waals surface area (Å²) in [4.78, 5) is 11.5. The van der Waals surface area contributed by atoms with E-state index < -0.39 is 5.60 Å². The van der Waals surface area contributed by atoms with E-state index in [4.69, 9.17) is 0 Å². The van der Waals surface area contributed by atoms with Crippen LogP contribution in [0.25, 0.3) is 0 Å². The molecule has 1 amide bonds.